The van der Waals surface area contributed by atoms with E-state index in [1.807, 2.05) is 0 Å². The molecule has 2 aromatic rings. The topological polar surface area (TPSA) is 122 Å². The highest BCUT2D eigenvalue weighted by atomic mass is 16.5. The van der Waals surface area contributed by atoms with E-state index < -0.39 is 17.9 Å². The van der Waals surface area contributed by atoms with Crippen molar-refractivity contribution < 1.29 is 24.2 Å². The Kier molecular flexibility index (Phi) is 7.47. The van der Waals surface area contributed by atoms with E-state index in [1.54, 1.807) is 18.2 Å². The summed E-state index contributed by atoms with van der Waals surface area (Å²) in [6.07, 6.45) is 3.25. The number of benzene rings is 2. The van der Waals surface area contributed by atoms with Gasteiger partial charge in [0.05, 0.1) is 6.54 Å². The van der Waals surface area contributed by atoms with Crippen LogP contribution in [-0.4, -0.2) is 46.9 Å². The summed E-state index contributed by atoms with van der Waals surface area (Å²) < 4.78 is 6.06. The maximum atomic E-state index is 12.9. The van der Waals surface area contributed by atoms with Crippen LogP contribution in [0.2, 0.25) is 0 Å². The quantitative estimate of drug-likeness (QED) is 0.496. The van der Waals surface area contributed by atoms with Gasteiger partial charge in [0.1, 0.15) is 18.4 Å². The lowest BCUT2D eigenvalue weighted by Gasteiger charge is -2.24. The van der Waals surface area contributed by atoms with Crippen LogP contribution in [0.5, 0.6) is 5.75 Å². The van der Waals surface area contributed by atoms with Crippen LogP contribution in [0, 0.1) is 5.92 Å². The minimum absolute atomic E-state index is 0.0235. The lowest BCUT2D eigenvalue weighted by atomic mass is 9.91. The fraction of sp³-hybridized carbons (Fsp3) is 0.423. The molecular weight excluding hydrogens is 434 g/mol. The second-order valence-corrected chi connectivity index (χ2v) is 9.07. The number of carbonyl (C=O) groups is 3. The number of amides is 2. The Labute approximate surface area is 199 Å². The van der Waals surface area contributed by atoms with Gasteiger partial charge in [-0.2, -0.15) is 0 Å². The first-order valence-electron chi connectivity index (χ1n) is 11.8. The maximum absolute atomic E-state index is 12.9. The molecule has 2 amide bonds. The second kappa shape index (κ2) is 10.7. The summed E-state index contributed by atoms with van der Waals surface area (Å²) in [5.74, 6) is -0.781. The van der Waals surface area contributed by atoms with Gasteiger partial charge in [0.15, 0.2) is 0 Å². The SMILES string of the molecule is NC(=O)C(CCC(=O)O)N1Cc2c(OCc3ccc(CC4CCNCC4)cc3)cccc2C1=O. The van der Waals surface area contributed by atoms with Gasteiger partial charge in [-0.25, -0.2) is 0 Å². The number of rotatable bonds is 10. The number of hydrogen-bond donors (Lipinski definition) is 3. The van der Waals surface area contributed by atoms with Gasteiger partial charge in [-0.1, -0.05) is 30.3 Å². The molecule has 1 fully saturated rings. The Morgan fingerprint density at radius 1 is 1.12 bits per heavy atom. The van der Waals surface area contributed by atoms with E-state index >= 15 is 0 Å². The highest BCUT2D eigenvalue weighted by molar-refractivity contribution is 6.01. The molecule has 1 saturated heterocycles. The second-order valence-electron chi connectivity index (χ2n) is 9.07. The van der Waals surface area contributed by atoms with Gasteiger partial charge in [0.2, 0.25) is 5.91 Å². The van der Waals surface area contributed by atoms with E-state index in [1.165, 1.54) is 23.3 Å². The monoisotopic (exact) mass is 465 g/mol. The van der Waals surface area contributed by atoms with Gasteiger partial charge in [0.25, 0.3) is 5.91 Å². The maximum Gasteiger partial charge on any atom is 0.303 e. The number of carboxylic acid groups (broad SMARTS) is 1. The van der Waals surface area contributed by atoms with E-state index in [4.69, 9.17) is 15.6 Å². The first-order chi connectivity index (χ1) is 16.4. The Bertz CT molecular complexity index is 1050. The molecular formula is C26H31N3O5. The summed E-state index contributed by atoms with van der Waals surface area (Å²) in [4.78, 5) is 37.2. The minimum atomic E-state index is -1.04. The van der Waals surface area contributed by atoms with E-state index in [9.17, 15) is 14.4 Å². The van der Waals surface area contributed by atoms with Crippen LogP contribution >= 0.6 is 0 Å². The van der Waals surface area contributed by atoms with Crippen molar-refractivity contribution >= 4 is 17.8 Å². The highest BCUT2D eigenvalue weighted by Crippen LogP contribution is 2.33. The molecule has 2 aromatic carbocycles. The van der Waals surface area contributed by atoms with E-state index in [2.05, 4.69) is 29.6 Å². The number of nitrogens with two attached hydrogens (primary N) is 1. The van der Waals surface area contributed by atoms with Crippen LogP contribution in [0.15, 0.2) is 42.5 Å². The number of nitrogens with zero attached hydrogens (tertiary/aromatic N) is 1. The molecule has 1 atom stereocenters. The minimum Gasteiger partial charge on any atom is -0.489 e. The van der Waals surface area contributed by atoms with E-state index in [0.717, 1.165) is 31.0 Å². The summed E-state index contributed by atoms with van der Waals surface area (Å²) in [6.45, 7) is 2.71. The average molecular weight is 466 g/mol. The number of hydrogen-bond acceptors (Lipinski definition) is 5. The van der Waals surface area contributed by atoms with Crippen molar-refractivity contribution in [2.45, 2.75) is 51.3 Å². The van der Waals surface area contributed by atoms with Crippen LogP contribution in [0.1, 0.15) is 52.7 Å². The zero-order valence-corrected chi connectivity index (χ0v) is 19.2. The van der Waals surface area contributed by atoms with Crippen molar-refractivity contribution in [3.8, 4) is 5.75 Å². The van der Waals surface area contributed by atoms with Gasteiger partial charge in [0, 0.05) is 17.5 Å². The molecule has 0 saturated carbocycles. The fourth-order valence-electron chi connectivity index (χ4n) is 4.78. The molecule has 2 aliphatic heterocycles. The Morgan fingerprint density at radius 3 is 2.50 bits per heavy atom. The molecule has 34 heavy (non-hydrogen) atoms. The normalized spacial score (nSPS) is 16.8. The largest absolute Gasteiger partial charge is 0.489 e. The Morgan fingerprint density at radius 2 is 1.82 bits per heavy atom. The van der Waals surface area contributed by atoms with Crippen molar-refractivity contribution in [1.29, 1.82) is 0 Å². The molecule has 0 spiro atoms. The number of carbonyl (C=O) groups excluding carboxylic acids is 2. The molecule has 2 heterocycles. The molecule has 180 valence electrons. The number of primary amides is 1. The number of aliphatic carboxylic acids is 1. The number of carboxylic acids is 1. The molecule has 0 radical (unpaired) electrons. The molecule has 8 nitrogen and oxygen atoms in total. The van der Waals surface area contributed by atoms with E-state index in [-0.39, 0.29) is 25.3 Å². The van der Waals surface area contributed by atoms with Crippen molar-refractivity contribution in [2.75, 3.05) is 13.1 Å². The van der Waals surface area contributed by atoms with Gasteiger partial charge >= 0.3 is 5.97 Å². The number of ether oxygens (including phenoxy) is 1. The predicted octanol–water partition coefficient (Wildman–Crippen LogP) is 2.48. The van der Waals surface area contributed by atoms with E-state index in [0.29, 0.717) is 23.5 Å². The number of nitrogens with one attached hydrogen (secondary N) is 1. The third kappa shape index (κ3) is 5.56. The van der Waals surface area contributed by atoms with Crippen LogP contribution in [-0.2, 0) is 29.2 Å². The van der Waals surface area contributed by atoms with Crippen molar-refractivity contribution in [3.63, 3.8) is 0 Å². The molecule has 2 aliphatic rings. The van der Waals surface area contributed by atoms with Crippen molar-refractivity contribution in [1.82, 2.24) is 10.2 Å². The van der Waals surface area contributed by atoms with Crippen molar-refractivity contribution in [2.24, 2.45) is 11.7 Å². The predicted molar refractivity (Wildman–Crippen MR) is 126 cm³/mol. The summed E-state index contributed by atoms with van der Waals surface area (Å²) >= 11 is 0. The number of piperidine rings is 1. The van der Waals surface area contributed by atoms with Crippen LogP contribution in [0.4, 0.5) is 0 Å². The zero-order chi connectivity index (χ0) is 24.1. The zero-order valence-electron chi connectivity index (χ0n) is 19.2. The average Bonchev–Trinajstić information content (AvgIpc) is 3.16. The summed E-state index contributed by atoms with van der Waals surface area (Å²) in [7, 11) is 0. The van der Waals surface area contributed by atoms with Gasteiger partial charge in [-0.05, 0) is 68.0 Å². The molecule has 0 aromatic heterocycles. The lowest BCUT2D eigenvalue weighted by Crippen LogP contribution is -2.45. The van der Waals surface area contributed by atoms with Crippen LogP contribution < -0.4 is 15.8 Å². The molecule has 4 rings (SSSR count). The van der Waals surface area contributed by atoms with Gasteiger partial charge in [-0.15, -0.1) is 0 Å². The lowest BCUT2D eigenvalue weighted by molar-refractivity contribution is -0.137. The molecule has 4 N–H and O–H groups in total. The Hall–Kier alpha value is -3.39. The smallest absolute Gasteiger partial charge is 0.303 e. The summed E-state index contributed by atoms with van der Waals surface area (Å²) in [5, 5.41) is 12.4. The first-order valence-corrected chi connectivity index (χ1v) is 11.8. The fourth-order valence-corrected chi connectivity index (χ4v) is 4.78. The molecule has 8 heteroatoms. The third-order valence-electron chi connectivity index (χ3n) is 6.69. The number of fused-ring (bicyclic) bond motifs is 1. The molecule has 1 unspecified atom stereocenters. The van der Waals surface area contributed by atoms with Gasteiger partial charge in [-0.3, -0.25) is 14.4 Å². The molecule has 0 aliphatic carbocycles. The van der Waals surface area contributed by atoms with Crippen LogP contribution in [0.3, 0.4) is 0 Å². The molecule has 0 bridgehead atoms. The van der Waals surface area contributed by atoms with Crippen molar-refractivity contribution in [3.05, 3.63) is 64.7 Å². The Balaban J connectivity index is 1.40. The van der Waals surface area contributed by atoms with Crippen LogP contribution in [0.25, 0.3) is 0 Å². The third-order valence-corrected chi connectivity index (χ3v) is 6.69. The first kappa shape index (κ1) is 23.8. The summed E-state index contributed by atoms with van der Waals surface area (Å²) in [5.41, 5.74) is 8.99. The standard InChI is InChI=1S/C26H31N3O5/c27-25(32)22(8-9-24(30)31)29-15-21-20(26(29)33)2-1-3-23(21)34-16-19-6-4-17(5-7-19)14-18-10-12-28-13-11-18/h1-7,18,22,28H,8-16H2,(H2,27,32)(H,30,31). The van der Waals surface area contributed by atoms with Gasteiger partial charge < -0.3 is 25.8 Å². The summed E-state index contributed by atoms with van der Waals surface area (Å²) in [6, 6.07) is 12.7. The highest BCUT2D eigenvalue weighted by Gasteiger charge is 2.37.